The van der Waals surface area contributed by atoms with Crippen LogP contribution in [0.4, 0.5) is 17.5 Å². The third-order valence-electron chi connectivity index (χ3n) is 5.21. The third kappa shape index (κ3) is 5.06. The predicted molar refractivity (Wildman–Crippen MR) is 128 cm³/mol. The van der Waals surface area contributed by atoms with E-state index in [0.29, 0.717) is 53.6 Å². The van der Waals surface area contributed by atoms with Crippen molar-refractivity contribution < 1.29 is 9.53 Å². The second kappa shape index (κ2) is 9.63. The van der Waals surface area contributed by atoms with Crippen LogP contribution in [0, 0.1) is 6.92 Å². The second-order valence-corrected chi connectivity index (χ2v) is 8.30. The van der Waals surface area contributed by atoms with Gasteiger partial charge in [-0.05, 0) is 49.4 Å². The molecular formula is C23H23Cl2N5O2. The molecular weight excluding hydrogens is 449 g/mol. The van der Waals surface area contributed by atoms with Gasteiger partial charge in [-0.25, -0.2) is 4.98 Å². The Balaban J connectivity index is 1.44. The topological polar surface area (TPSA) is 70.6 Å². The average Bonchev–Trinajstić information content (AvgIpc) is 2.80. The highest BCUT2D eigenvalue weighted by Gasteiger charge is 2.25. The molecule has 2 aromatic carbocycles. The van der Waals surface area contributed by atoms with Crippen LogP contribution >= 0.6 is 23.2 Å². The largest absolute Gasteiger partial charge is 0.497 e. The first-order chi connectivity index (χ1) is 15.4. The van der Waals surface area contributed by atoms with E-state index in [1.54, 1.807) is 30.2 Å². The molecule has 1 aliphatic heterocycles. The molecule has 1 fully saturated rings. The van der Waals surface area contributed by atoms with Crippen LogP contribution in [-0.2, 0) is 0 Å². The van der Waals surface area contributed by atoms with Gasteiger partial charge in [0.05, 0.1) is 17.7 Å². The van der Waals surface area contributed by atoms with Crippen molar-refractivity contribution in [2.75, 3.05) is 43.5 Å². The molecule has 1 N–H and O–H groups in total. The number of anilines is 3. The van der Waals surface area contributed by atoms with Gasteiger partial charge in [-0.3, -0.25) is 4.79 Å². The molecule has 32 heavy (non-hydrogen) atoms. The molecule has 166 valence electrons. The molecule has 0 spiro atoms. The van der Waals surface area contributed by atoms with E-state index in [9.17, 15) is 4.79 Å². The number of piperazine rings is 1. The number of amides is 1. The minimum absolute atomic E-state index is 0.121. The number of carbonyl (C=O) groups excluding carboxylic acids is 1. The van der Waals surface area contributed by atoms with E-state index in [1.807, 2.05) is 37.3 Å². The van der Waals surface area contributed by atoms with Crippen LogP contribution in [0.1, 0.15) is 16.1 Å². The van der Waals surface area contributed by atoms with Gasteiger partial charge in [0.25, 0.3) is 5.91 Å². The maximum Gasteiger partial charge on any atom is 0.255 e. The number of halogens is 2. The van der Waals surface area contributed by atoms with Crippen LogP contribution in [0.25, 0.3) is 0 Å². The van der Waals surface area contributed by atoms with Crippen LogP contribution in [0.5, 0.6) is 5.75 Å². The normalized spacial score (nSPS) is 13.8. The number of nitrogens with zero attached hydrogens (tertiary/aromatic N) is 4. The molecule has 0 atom stereocenters. The summed E-state index contributed by atoms with van der Waals surface area (Å²) in [7, 11) is 1.64. The van der Waals surface area contributed by atoms with Crippen LogP contribution in [-0.4, -0.2) is 54.1 Å². The lowest BCUT2D eigenvalue weighted by molar-refractivity contribution is 0.0746. The number of methoxy groups -OCH3 is 1. The summed E-state index contributed by atoms with van der Waals surface area (Å²) in [6.45, 7) is 4.26. The Morgan fingerprint density at radius 2 is 1.72 bits per heavy atom. The third-order valence-corrected chi connectivity index (χ3v) is 5.78. The monoisotopic (exact) mass is 471 g/mol. The van der Waals surface area contributed by atoms with Gasteiger partial charge in [0.15, 0.2) is 0 Å². The molecule has 0 unspecified atom stereocenters. The summed E-state index contributed by atoms with van der Waals surface area (Å²) in [5.41, 5.74) is 2.18. The molecule has 2 heterocycles. The highest BCUT2D eigenvalue weighted by molar-refractivity contribution is 6.35. The summed E-state index contributed by atoms with van der Waals surface area (Å²) in [5, 5.41) is 4.20. The Labute approximate surface area is 196 Å². The first-order valence-electron chi connectivity index (χ1n) is 10.2. The lowest BCUT2D eigenvalue weighted by Crippen LogP contribution is -2.49. The molecule has 1 amide bonds. The van der Waals surface area contributed by atoms with Gasteiger partial charge < -0.3 is 19.9 Å². The summed E-state index contributed by atoms with van der Waals surface area (Å²) < 4.78 is 5.20. The number of hydrogen-bond acceptors (Lipinski definition) is 6. The molecule has 0 radical (unpaired) electrons. The molecule has 1 aromatic heterocycles. The average molecular weight is 472 g/mol. The van der Waals surface area contributed by atoms with Gasteiger partial charge in [0, 0.05) is 48.6 Å². The first kappa shape index (κ1) is 22.2. The van der Waals surface area contributed by atoms with Gasteiger partial charge >= 0.3 is 0 Å². The maximum atomic E-state index is 12.9. The van der Waals surface area contributed by atoms with E-state index < -0.39 is 0 Å². The van der Waals surface area contributed by atoms with Gasteiger partial charge in [-0.1, -0.05) is 23.2 Å². The number of carbonyl (C=O) groups is 1. The Hall–Kier alpha value is -3.03. The number of aryl methyl sites for hydroxylation is 1. The number of ether oxygens (including phenoxy) is 1. The van der Waals surface area contributed by atoms with Crippen LogP contribution in [0.3, 0.4) is 0 Å². The molecule has 1 saturated heterocycles. The van der Waals surface area contributed by atoms with E-state index in [2.05, 4.69) is 20.2 Å². The van der Waals surface area contributed by atoms with Crippen molar-refractivity contribution in [1.82, 2.24) is 14.9 Å². The summed E-state index contributed by atoms with van der Waals surface area (Å²) in [6, 6.07) is 14.5. The number of benzene rings is 2. The lowest BCUT2D eigenvalue weighted by atomic mass is 10.2. The smallest absolute Gasteiger partial charge is 0.255 e. The molecule has 4 rings (SSSR count). The Bertz CT molecular complexity index is 1120. The Morgan fingerprint density at radius 1 is 1.00 bits per heavy atom. The number of hydrogen-bond donors (Lipinski definition) is 1. The van der Waals surface area contributed by atoms with E-state index in [-0.39, 0.29) is 5.91 Å². The Morgan fingerprint density at radius 3 is 2.41 bits per heavy atom. The standard InChI is InChI=1S/C23H23Cl2N5O2/c1-15-13-21(27-17-4-6-18(32-2)7-5-17)28-23(26-15)30-11-9-29(10-12-30)22(31)19-14-16(24)3-8-20(19)25/h3-8,13-14H,9-12H2,1-2H3,(H,26,27,28). The van der Waals surface area contributed by atoms with E-state index >= 15 is 0 Å². The molecule has 7 nitrogen and oxygen atoms in total. The van der Waals surface area contributed by atoms with Crippen molar-refractivity contribution in [1.29, 1.82) is 0 Å². The van der Waals surface area contributed by atoms with Crippen LogP contribution in [0.15, 0.2) is 48.5 Å². The minimum Gasteiger partial charge on any atom is -0.497 e. The molecule has 3 aromatic rings. The van der Waals surface area contributed by atoms with Crippen molar-refractivity contribution in [3.8, 4) is 5.75 Å². The zero-order valence-electron chi connectivity index (χ0n) is 17.8. The fourth-order valence-electron chi connectivity index (χ4n) is 3.52. The van der Waals surface area contributed by atoms with E-state index in [1.165, 1.54) is 0 Å². The quantitative estimate of drug-likeness (QED) is 0.575. The number of rotatable bonds is 5. The van der Waals surface area contributed by atoms with Crippen molar-refractivity contribution in [3.05, 3.63) is 69.8 Å². The molecule has 1 aliphatic rings. The zero-order chi connectivity index (χ0) is 22.7. The summed E-state index contributed by atoms with van der Waals surface area (Å²) in [5.74, 6) is 2.02. The van der Waals surface area contributed by atoms with Crippen molar-refractivity contribution in [3.63, 3.8) is 0 Å². The molecule has 0 bridgehead atoms. The van der Waals surface area contributed by atoms with Gasteiger partial charge in [-0.2, -0.15) is 4.98 Å². The fraction of sp³-hybridized carbons (Fsp3) is 0.261. The van der Waals surface area contributed by atoms with Crippen LogP contribution < -0.4 is 15.0 Å². The lowest BCUT2D eigenvalue weighted by Gasteiger charge is -2.35. The SMILES string of the molecule is COc1ccc(Nc2cc(C)nc(N3CCN(C(=O)c4cc(Cl)ccc4Cl)CC3)n2)cc1. The first-order valence-corrected chi connectivity index (χ1v) is 10.9. The molecule has 0 saturated carbocycles. The van der Waals surface area contributed by atoms with Gasteiger partial charge in [0.1, 0.15) is 11.6 Å². The van der Waals surface area contributed by atoms with Crippen molar-refractivity contribution >= 4 is 46.6 Å². The molecule has 9 heteroatoms. The zero-order valence-corrected chi connectivity index (χ0v) is 19.3. The minimum atomic E-state index is -0.121. The van der Waals surface area contributed by atoms with Crippen LogP contribution in [0.2, 0.25) is 10.0 Å². The highest BCUT2D eigenvalue weighted by atomic mass is 35.5. The van der Waals surface area contributed by atoms with E-state index in [4.69, 9.17) is 27.9 Å². The van der Waals surface area contributed by atoms with Gasteiger partial charge in [0.2, 0.25) is 5.95 Å². The summed E-state index contributed by atoms with van der Waals surface area (Å²) in [6.07, 6.45) is 0. The molecule has 0 aliphatic carbocycles. The predicted octanol–water partition coefficient (Wildman–Crippen LogP) is 4.81. The number of aromatic nitrogens is 2. The second-order valence-electron chi connectivity index (χ2n) is 7.45. The van der Waals surface area contributed by atoms with Crippen molar-refractivity contribution in [2.24, 2.45) is 0 Å². The van der Waals surface area contributed by atoms with E-state index in [0.717, 1.165) is 17.1 Å². The van der Waals surface area contributed by atoms with Crippen molar-refractivity contribution in [2.45, 2.75) is 6.92 Å². The highest BCUT2D eigenvalue weighted by Crippen LogP contribution is 2.24. The summed E-state index contributed by atoms with van der Waals surface area (Å²) in [4.78, 5) is 26.0. The maximum absolute atomic E-state index is 12.9. The Kier molecular flexibility index (Phi) is 6.67. The van der Waals surface area contributed by atoms with Gasteiger partial charge in [-0.15, -0.1) is 0 Å². The fourth-order valence-corrected chi connectivity index (χ4v) is 3.89. The number of nitrogens with one attached hydrogen (secondary N) is 1. The summed E-state index contributed by atoms with van der Waals surface area (Å²) >= 11 is 12.2.